The third-order valence-electron chi connectivity index (χ3n) is 4.41. The Kier molecular flexibility index (Phi) is 13.9. The Balaban J connectivity index is 0.00000450. The van der Waals surface area contributed by atoms with Gasteiger partial charge in [-0.25, -0.2) is 4.99 Å². The van der Waals surface area contributed by atoms with Crippen LogP contribution in [0.2, 0.25) is 0 Å². The molecule has 0 radical (unpaired) electrons. The average Bonchev–Trinajstić information content (AvgIpc) is 2.76. The van der Waals surface area contributed by atoms with Crippen LogP contribution in [0, 0.1) is 0 Å². The van der Waals surface area contributed by atoms with Gasteiger partial charge in [0, 0.05) is 33.4 Å². The Hall–Kier alpha value is -1.84. The molecule has 0 fully saturated rings. The Bertz CT molecular complexity index is 739. The van der Waals surface area contributed by atoms with Crippen LogP contribution in [0.1, 0.15) is 30.0 Å². The fraction of sp³-hybridized carbons (Fsp3) is 0.435. The topological polar surface area (TPSA) is 64.1 Å². The first kappa shape index (κ1) is 26.2. The summed E-state index contributed by atoms with van der Waals surface area (Å²) in [6.45, 7) is 6.16. The molecule has 2 aromatic carbocycles. The van der Waals surface area contributed by atoms with Crippen LogP contribution in [-0.4, -0.2) is 39.9 Å². The summed E-state index contributed by atoms with van der Waals surface area (Å²) in [6.07, 6.45) is 0.928. The summed E-state index contributed by atoms with van der Waals surface area (Å²) in [4.78, 5) is 4.74. The standard InChI is InChI=1S/C23H33N3O3.HI/c1-4-29-15-7-14-24-23(25-16-19-10-12-22(28-3)13-11-19)26-17-20-8-5-6-9-21(20)18-27-2;/h5-6,8-13H,4,7,14-18H2,1-3H3,(H2,24,25,26);1H. The number of nitrogens with zero attached hydrogens (tertiary/aromatic N) is 1. The largest absolute Gasteiger partial charge is 0.497 e. The van der Waals surface area contributed by atoms with Crippen LogP contribution in [0.4, 0.5) is 0 Å². The Morgan fingerprint density at radius 2 is 1.70 bits per heavy atom. The quantitative estimate of drug-likeness (QED) is 0.188. The summed E-state index contributed by atoms with van der Waals surface area (Å²) in [5, 5.41) is 6.83. The molecule has 0 saturated carbocycles. The highest BCUT2D eigenvalue weighted by atomic mass is 127. The van der Waals surface area contributed by atoms with Crippen molar-refractivity contribution in [3.8, 4) is 5.75 Å². The summed E-state index contributed by atoms with van der Waals surface area (Å²) < 4.78 is 15.9. The van der Waals surface area contributed by atoms with Gasteiger partial charge in [0.1, 0.15) is 5.75 Å². The van der Waals surface area contributed by atoms with E-state index < -0.39 is 0 Å². The molecular formula is C23H34IN3O3. The highest BCUT2D eigenvalue weighted by molar-refractivity contribution is 14.0. The zero-order valence-corrected chi connectivity index (χ0v) is 20.5. The number of benzene rings is 2. The third kappa shape index (κ3) is 9.77. The zero-order chi connectivity index (χ0) is 20.7. The summed E-state index contributed by atoms with van der Waals surface area (Å²) in [6, 6.07) is 16.2. The Morgan fingerprint density at radius 1 is 0.967 bits per heavy atom. The first-order valence-corrected chi connectivity index (χ1v) is 10.1. The molecule has 0 saturated heterocycles. The van der Waals surface area contributed by atoms with Crippen molar-refractivity contribution in [2.45, 2.75) is 33.0 Å². The Morgan fingerprint density at radius 3 is 2.37 bits per heavy atom. The average molecular weight is 527 g/mol. The molecule has 2 aromatic rings. The van der Waals surface area contributed by atoms with Crippen molar-refractivity contribution in [3.63, 3.8) is 0 Å². The normalized spacial score (nSPS) is 11.0. The van der Waals surface area contributed by atoms with Crippen LogP contribution in [0.5, 0.6) is 5.75 Å². The van der Waals surface area contributed by atoms with E-state index in [0.717, 1.165) is 43.5 Å². The maximum Gasteiger partial charge on any atom is 0.191 e. The van der Waals surface area contributed by atoms with Crippen LogP contribution < -0.4 is 15.4 Å². The minimum Gasteiger partial charge on any atom is -0.497 e. The number of nitrogens with one attached hydrogen (secondary N) is 2. The van der Waals surface area contributed by atoms with Crippen molar-refractivity contribution in [2.24, 2.45) is 4.99 Å². The van der Waals surface area contributed by atoms with Gasteiger partial charge in [0.25, 0.3) is 0 Å². The van der Waals surface area contributed by atoms with Crippen molar-refractivity contribution in [2.75, 3.05) is 34.0 Å². The zero-order valence-electron chi connectivity index (χ0n) is 18.1. The van der Waals surface area contributed by atoms with Gasteiger partial charge in [0.15, 0.2) is 5.96 Å². The number of halogens is 1. The number of rotatable bonds is 12. The second-order valence-electron chi connectivity index (χ2n) is 6.55. The lowest BCUT2D eigenvalue weighted by Crippen LogP contribution is -2.38. The predicted molar refractivity (Wildman–Crippen MR) is 133 cm³/mol. The van der Waals surface area contributed by atoms with E-state index >= 15 is 0 Å². The molecule has 166 valence electrons. The molecule has 0 amide bonds. The van der Waals surface area contributed by atoms with Crippen LogP contribution >= 0.6 is 24.0 Å². The molecule has 7 heteroatoms. The van der Waals surface area contributed by atoms with Gasteiger partial charge in [-0.3, -0.25) is 0 Å². The van der Waals surface area contributed by atoms with Crippen molar-refractivity contribution in [3.05, 3.63) is 65.2 Å². The second-order valence-corrected chi connectivity index (χ2v) is 6.55. The number of hydrogen-bond donors (Lipinski definition) is 2. The molecular weight excluding hydrogens is 493 g/mol. The van der Waals surface area contributed by atoms with E-state index in [1.807, 2.05) is 43.3 Å². The van der Waals surface area contributed by atoms with Gasteiger partial charge in [-0.15, -0.1) is 24.0 Å². The first-order valence-electron chi connectivity index (χ1n) is 10.1. The van der Waals surface area contributed by atoms with Crippen LogP contribution in [-0.2, 0) is 29.2 Å². The monoisotopic (exact) mass is 527 g/mol. The fourth-order valence-electron chi connectivity index (χ4n) is 2.81. The van der Waals surface area contributed by atoms with Crippen molar-refractivity contribution >= 4 is 29.9 Å². The Labute approximate surface area is 197 Å². The molecule has 0 atom stereocenters. The molecule has 0 bridgehead atoms. The van der Waals surface area contributed by atoms with Crippen molar-refractivity contribution < 1.29 is 14.2 Å². The van der Waals surface area contributed by atoms with Crippen LogP contribution in [0.3, 0.4) is 0 Å². The van der Waals surface area contributed by atoms with E-state index in [2.05, 4.69) is 22.8 Å². The van der Waals surface area contributed by atoms with Gasteiger partial charge in [-0.05, 0) is 42.2 Å². The molecule has 30 heavy (non-hydrogen) atoms. The maximum absolute atomic E-state index is 5.41. The molecule has 0 heterocycles. The highest BCUT2D eigenvalue weighted by Gasteiger charge is 2.04. The molecule has 0 aliphatic heterocycles. The molecule has 6 nitrogen and oxygen atoms in total. The predicted octanol–water partition coefficient (Wildman–Crippen LogP) is 4.12. The minimum atomic E-state index is 0. The fourth-order valence-corrected chi connectivity index (χ4v) is 2.81. The highest BCUT2D eigenvalue weighted by Crippen LogP contribution is 2.12. The van der Waals surface area contributed by atoms with Crippen molar-refractivity contribution in [1.82, 2.24) is 10.6 Å². The molecule has 0 aromatic heterocycles. The minimum absolute atomic E-state index is 0. The molecule has 0 unspecified atom stereocenters. The lowest BCUT2D eigenvalue weighted by molar-refractivity contribution is 0.145. The lowest BCUT2D eigenvalue weighted by Gasteiger charge is -2.15. The van der Waals surface area contributed by atoms with Gasteiger partial charge < -0.3 is 24.8 Å². The molecule has 0 aliphatic carbocycles. The van der Waals surface area contributed by atoms with Gasteiger partial charge in [0.05, 0.1) is 20.3 Å². The smallest absolute Gasteiger partial charge is 0.191 e. The van der Waals surface area contributed by atoms with Crippen LogP contribution in [0.25, 0.3) is 0 Å². The molecule has 0 spiro atoms. The van der Waals surface area contributed by atoms with Gasteiger partial charge in [0.2, 0.25) is 0 Å². The summed E-state index contributed by atoms with van der Waals surface area (Å²) >= 11 is 0. The van der Waals surface area contributed by atoms with E-state index in [4.69, 9.17) is 19.2 Å². The van der Waals surface area contributed by atoms with E-state index in [-0.39, 0.29) is 24.0 Å². The SMILES string of the molecule is CCOCCCNC(=NCc1ccc(OC)cc1)NCc1ccccc1COC.I. The van der Waals surface area contributed by atoms with Gasteiger partial charge in [-0.1, -0.05) is 36.4 Å². The molecule has 2 N–H and O–H groups in total. The number of hydrogen-bond acceptors (Lipinski definition) is 4. The summed E-state index contributed by atoms with van der Waals surface area (Å²) in [5.74, 6) is 1.63. The number of methoxy groups -OCH3 is 2. The van der Waals surface area contributed by atoms with E-state index in [9.17, 15) is 0 Å². The van der Waals surface area contributed by atoms with E-state index in [0.29, 0.717) is 19.7 Å². The summed E-state index contributed by atoms with van der Waals surface area (Å²) in [7, 11) is 3.38. The number of guanidine groups is 1. The second kappa shape index (κ2) is 15.9. The number of aliphatic imine (C=N–C) groups is 1. The number of ether oxygens (including phenoxy) is 3. The third-order valence-corrected chi connectivity index (χ3v) is 4.41. The van der Waals surface area contributed by atoms with Gasteiger partial charge in [-0.2, -0.15) is 0 Å². The molecule has 2 rings (SSSR count). The summed E-state index contributed by atoms with van der Waals surface area (Å²) in [5.41, 5.74) is 3.50. The van der Waals surface area contributed by atoms with E-state index in [1.165, 1.54) is 11.1 Å². The van der Waals surface area contributed by atoms with E-state index in [1.54, 1.807) is 14.2 Å². The van der Waals surface area contributed by atoms with Gasteiger partial charge >= 0.3 is 0 Å². The first-order chi connectivity index (χ1) is 14.3. The van der Waals surface area contributed by atoms with Crippen LogP contribution in [0.15, 0.2) is 53.5 Å². The maximum atomic E-state index is 5.41. The molecule has 0 aliphatic rings. The van der Waals surface area contributed by atoms with Crippen molar-refractivity contribution in [1.29, 1.82) is 0 Å². The lowest BCUT2D eigenvalue weighted by atomic mass is 10.1.